The third-order valence-corrected chi connectivity index (χ3v) is 2.70. The first-order valence-electron chi connectivity index (χ1n) is 5.22. The van der Waals surface area contributed by atoms with Crippen LogP contribution >= 0.6 is 0 Å². The summed E-state index contributed by atoms with van der Waals surface area (Å²) in [7, 11) is 3.48. The summed E-state index contributed by atoms with van der Waals surface area (Å²) in [5, 5.41) is 10.7. The molecule has 0 spiro atoms. The van der Waals surface area contributed by atoms with Crippen molar-refractivity contribution in [1.82, 2.24) is 9.55 Å². The Balaban J connectivity index is 2.47. The fraction of sp³-hybridized carbons (Fsp3) is 0.364. The molecule has 0 bridgehead atoms. The zero-order chi connectivity index (χ0) is 12.4. The average Bonchev–Trinajstić information content (AvgIpc) is 2.63. The first kappa shape index (κ1) is 11.5. The fourth-order valence-corrected chi connectivity index (χ4v) is 1.76. The second-order valence-electron chi connectivity index (χ2n) is 3.76. The van der Waals surface area contributed by atoms with Gasteiger partial charge in [-0.15, -0.1) is 0 Å². The Bertz CT molecular complexity index is 562. The molecule has 6 nitrogen and oxygen atoms in total. The van der Waals surface area contributed by atoms with Crippen molar-refractivity contribution in [2.45, 2.75) is 6.42 Å². The Morgan fingerprint density at radius 2 is 2.29 bits per heavy atom. The number of ether oxygens (including phenoxy) is 1. The van der Waals surface area contributed by atoms with Crippen molar-refractivity contribution in [3.63, 3.8) is 0 Å². The minimum Gasteiger partial charge on any atom is -0.384 e. The van der Waals surface area contributed by atoms with E-state index in [1.54, 1.807) is 19.2 Å². The average molecular weight is 235 g/mol. The lowest BCUT2D eigenvalue weighted by Gasteiger charge is -2.00. The number of hydrogen-bond donors (Lipinski definition) is 0. The van der Waals surface area contributed by atoms with E-state index in [2.05, 4.69) is 4.98 Å². The highest BCUT2D eigenvalue weighted by atomic mass is 16.6. The maximum Gasteiger partial charge on any atom is 0.271 e. The predicted molar refractivity (Wildman–Crippen MR) is 62.9 cm³/mol. The molecule has 0 amide bonds. The summed E-state index contributed by atoms with van der Waals surface area (Å²) in [6.07, 6.45) is 0.690. The topological polar surface area (TPSA) is 70.2 Å². The van der Waals surface area contributed by atoms with Crippen molar-refractivity contribution in [3.05, 3.63) is 34.1 Å². The molecular weight excluding hydrogens is 222 g/mol. The lowest BCUT2D eigenvalue weighted by Crippen LogP contribution is -2.02. The molecule has 1 aromatic carbocycles. The monoisotopic (exact) mass is 235 g/mol. The van der Waals surface area contributed by atoms with Gasteiger partial charge in [0.2, 0.25) is 0 Å². The smallest absolute Gasteiger partial charge is 0.271 e. The van der Waals surface area contributed by atoms with Crippen molar-refractivity contribution >= 4 is 16.7 Å². The number of rotatable bonds is 4. The maximum absolute atomic E-state index is 10.7. The molecule has 0 unspecified atom stereocenters. The molecule has 2 rings (SSSR count). The Labute approximate surface area is 98.0 Å². The molecular formula is C11H13N3O3. The molecule has 0 fully saturated rings. The van der Waals surface area contributed by atoms with Crippen molar-refractivity contribution in [2.75, 3.05) is 13.7 Å². The van der Waals surface area contributed by atoms with Crippen LogP contribution in [0.2, 0.25) is 0 Å². The van der Waals surface area contributed by atoms with E-state index in [1.807, 2.05) is 11.6 Å². The van der Waals surface area contributed by atoms with Crippen LogP contribution in [0, 0.1) is 10.1 Å². The second-order valence-corrected chi connectivity index (χ2v) is 3.76. The van der Waals surface area contributed by atoms with Crippen LogP contribution in [0.15, 0.2) is 18.2 Å². The van der Waals surface area contributed by atoms with Gasteiger partial charge in [0, 0.05) is 32.7 Å². The molecule has 17 heavy (non-hydrogen) atoms. The third-order valence-electron chi connectivity index (χ3n) is 2.70. The molecule has 0 saturated heterocycles. The van der Waals surface area contributed by atoms with E-state index >= 15 is 0 Å². The van der Waals surface area contributed by atoms with Crippen molar-refractivity contribution < 1.29 is 9.66 Å². The van der Waals surface area contributed by atoms with Gasteiger partial charge in [-0.25, -0.2) is 4.98 Å². The number of nitro benzene ring substituents is 1. The molecule has 6 heteroatoms. The lowest BCUT2D eigenvalue weighted by atomic mass is 10.3. The van der Waals surface area contributed by atoms with Gasteiger partial charge in [0.05, 0.1) is 22.6 Å². The number of nitrogens with zero attached hydrogens (tertiary/aromatic N) is 3. The Hall–Kier alpha value is -1.95. The van der Waals surface area contributed by atoms with Gasteiger partial charge < -0.3 is 9.30 Å². The van der Waals surface area contributed by atoms with E-state index < -0.39 is 4.92 Å². The summed E-state index contributed by atoms with van der Waals surface area (Å²) in [6.45, 7) is 0.583. The van der Waals surface area contributed by atoms with E-state index in [1.165, 1.54) is 6.07 Å². The molecule has 90 valence electrons. The van der Waals surface area contributed by atoms with E-state index in [4.69, 9.17) is 4.74 Å². The number of methoxy groups -OCH3 is 1. The number of imidazole rings is 1. The normalized spacial score (nSPS) is 10.9. The SMILES string of the molecule is COCCc1nc2ccc([N+](=O)[O-])cc2n1C. The summed E-state index contributed by atoms with van der Waals surface area (Å²) >= 11 is 0. The first-order chi connectivity index (χ1) is 8.13. The molecule has 1 heterocycles. The van der Waals surface area contributed by atoms with Gasteiger partial charge in [0.25, 0.3) is 5.69 Å². The van der Waals surface area contributed by atoms with Crippen LogP contribution in [0.25, 0.3) is 11.0 Å². The van der Waals surface area contributed by atoms with Gasteiger partial charge in [-0.1, -0.05) is 0 Å². The number of aryl methyl sites for hydroxylation is 1. The number of fused-ring (bicyclic) bond motifs is 1. The third kappa shape index (κ3) is 2.12. The summed E-state index contributed by atoms with van der Waals surface area (Å²) < 4.78 is 6.86. The van der Waals surface area contributed by atoms with E-state index in [0.717, 1.165) is 16.9 Å². The van der Waals surface area contributed by atoms with E-state index in [0.29, 0.717) is 13.0 Å². The maximum atomic E-state index is 10.7. The minimum atomic E-state index is -0.402. The number of nitro groups is 1. The second kappa shape index (κ2) is 4.50. The van der Waals surface area contributed by atoms with Crippen LogP contribution in [-0.4, -0.2) is 28.2 Å². The molecule has 0 aliphatic carbocycles. The van der Waals surface area contributed by atoms with E-state index in [-0.39, 0.29) is 5.69 Å². The quantitative estimate of drug-likeness (QED) is 0.597. The van der Waals surface area contributed by atoms with Gasteiger partial charge in [0.15, 0.2) is 0 Å². The number of hydrogen-bond acceptors (Lipinski definition) is 4. The van der Waals surface area contributed by atoms with Gasteiger partial charge >= 0.3 is 0 Å². The zero-order valence-corrected chi connectivity index (χ0v) is 9.71. The van der Waals surface area contributed by atoms with Crippen LogP contribution in [-0.2, 0) is 18.2 Å². The highest BCUT2D eigenvalue weighted by Crippen LogP contribution is 2.21. The molecule has 0 aliphatic heterocycles. The summed E-state index contributed by atoms with van der Waals surface area (Å²) in [5.74, 6) is 0.863. The molecule has 0 saturated carbocycles. The number of benzene rings is 1. The highest BCUT2D eigenvalue weighted by Gasteiger charge is 2.12. The van der Waals surface area contributed by atoms with Crippen LogP contribution in [0.4, 0.5) is 5.69 Å². The fourth-order valence-electron chi connectivity index (χ4n) is 1.76. The molecule has 2 aromatic rings. The summed E-state index contributed by atoms with van der Waals surface area (Å²) in [4.78, 5) is 14.7. The number of aromatic nitrogens is 2. The minimum absolute atomic E-state index is 0.0822. The molecule has 0 aliphatic rings. The van der Waals surface area contributed by atoms with Crippen LogP contribution in [0.1, 0.15) is 5.82 Å². The standard InChI is InChI=1S/C11H13N3O3/c1-13-10-7-8(14(15)16)3-4-9(10)12-11(13)5-6-17-2/h3-4,7H,5-6H2,1-2H3. The molecule has 0 atom stereocenters. The number of non-ortho nitro benzene ring substituents is 1. The first-order valence-corrected chi connectivity index (χ1v) is 5.22. The Kier molecular flexibility index (Phi) is 3.06. The molecule has 1 aromatic heterocycles. The largest absolute Gasteiger partial charge is 0.384 e. The van der Waals surface area contributed by atoms with Gasteiger partial charge in [0.1, 0.15) is 5.82 Å². The molecule has 0 radical (unpaired) electrons. The van der Waals surface area contributed by atoms with Crippen molar-refractivity contribution in [1.29, 1.82) is 0 Å². The van der Waals surface area contributed by atoms with Crippen molar-refractivity contribution in [3.8, 4) is 0 Å². The zero-order valence-electron chi connectivity index (χ0n) is 9.71. The Morgan fingerprint density at radius 3 is 2.94 bits per heavy atom. The highest BCUT2D eigenvalue weighted by molar-refractivity contribution is 5.78. The van der Waals surface area contributed by atoms with Gasteiger partial charge in [-0.3, -0.25) is 10.1 Å². The van der Waals surface area contributed by atoms with Gasteiger partial charge in [-0.2, -0.15) is 0 Å². The van der Waals surface area contributed by atoms with E-state index in [9.17, 15) is 10.1 Å². The summed E-state index contributed by atoms with van der Waals surface area (Å²) in [5.41, 5.74) is 1.62. The van der Waals surface area contributed by atoms with Gasteiger partial charge in [-0.05, 0) is 6.07 Å². The Morgan fingerprint density at radius 1 is 1.53 bits per heavy atom. The lowest BCUT2D eigenvalue weighted by molar-refractivity contribution is -0.384. The van der Waals surface area contributed by atoms with Crippen LogP contribution < -0.4 is 0 Å². The molecule has 0 N–H and O–H groups in total. The van der Waals surface area contributed by atoms with Crippen LogP contribution in [0.5, 0.6) is 0 Å². The predicted octanol–water partition coefficient (Wildman–Crippen LogP) is 1.67. The van der Waals surface area contributed by atoms with Crippen molar-refractivity contribution in [2.24, 2.45) is 7.05 Å². The summed E-state index contributed by atoms with van der Waals surface area (Å²) in [6, 6.07) is 4.68. The van der Waals surface area contributed by atoms with Crippen LogP contribution in [0.3, 0.4) is 0 Å².